The van der Waals surface area contributed by atoms with Gasteiger partial charge in [-0.15, -0.1) is 0 Å². The zero-order valence-corrected chi connectivity index (χ0v) is 13.6. The Morgan fingerprint density at radius 1 is 1.33 bits per heavy atom. The number of aliphatic imine (C=N–C) groups is 1. The van der Waals surface area contributed by atoms with E-state index in [-0.39, 0.29) is 11.1 Å². The number of ether oxygens (including phenoxy) is 1. The number of hydrogen-bond acceptors (Lipinski definition) is 3. The van der Waals surface area contributed by atoms with E-state index in [1.807, 2.05) is 7.11 Å². The van der Waals surface area contributed by atoms with Crippen molar-refractivity contribution in [3.63, 3.8) is 0 Å². The minimum atomic E-state index is -0.116. The van der Waals surface area contributed by atoms with Crippen LogP contribution in [-0.2, 0) is 11.2 Å². The molecule has 0 saturated carbocycles. The molecule has 2 aliphatic heterocycles. The third kappa shape index (κ3) is 2.71. The summed E-state index contributed by atoms with van der Waals surface area (Å²) in [5, 5.41) is 0. The molecule has 0 radical (unpaired) electrons. The third-order valence-corrected chi connectivity index (χ3v) is 5.03. The molecule has 1 aromatic rings. The summed E-state index contributed by atoms with van der Waals surface area (Å²) in [6.07, 6.45) is 3.43. The van der Waals surface area contributed by atoms with E-state index in [2.05, 4.69) is 56.0 Å². The van der Waals surface area contributed by atoms with Crippen molar-refractivity contribution in [2.24, 2.45) is 4.99 Å². The van der Waals surface area contributed by atoms with Crippen LogP contribution in [0.3, 0.4) is 0 Å². The van der Waals surface area contributed by atoms with Gasteiger partial charge in [-0.25, -0.2) is 0 Å². The first-order chi connectivity index (χ1) is 9.96. The largest absolute Gasteiger partial charge is 0.377 e. The SMILES string of the molecule is COC(C)(C)[C@@H]1CCCN1C1=N[C@@]1(C)Cc1ccccc1. The maximum atomic E-state index is 5.72. The van der Waals surface area contributed by atoms with E-state index < -0.39 is 0 Å². The molecule has 0 unspecified atom stereocenters. The van der Waals surface area contributed by atoms with E-state index in [1.54, 1.807) is 0 Å². The number of amidine groups is 1. The fraction of sp³-hybridized carbons (Fsp3) is 0.611. The summed E-state index contributed by atoms with van der Waals surface area (Å²) in [4.78, 5) is 7.34. The van der Waals surface area contributed by atoms with Crippen LogP contribution in [0.5, 0.6) is 0 Å². The Labute approximate surface area is 128 Å². The average molecular weight is 286 g/mol. The van der Waals surface area contributed by atoms with Crippen molar-refractivity contribution in [1.29, 1.82) is 0 Å². The van der Waals surface area contributed by atoms with Crippen LogP contribution in [0.2, 0.25) is 0 Å². The first kappa shape index (κ1) is 14.6. The topological polar surface area (TPSA) is 24.8 Å². The van der Waals surface area contributed by atoms with Crippen molar-refractivity contribution in [1.82, 2.24) is 4.90 Å². The molecule has 1 fully saturated rings. The van der Waals surface area contributed by atoms with Crippen molar-refractivity contribution in [3.05, 3.63) is 35.9 Å². The molecule has 0 amide bonds. The molecule has 114 valence electrons. The molecule has 2 aliphatic rings. The summed E-state index contributed by atoms with van der Waals surface area (Å²) in [6, 6.07) is 11.1. The molecule has 1 aromatic carbocycles. The molecule has 0 N–H and O–H groups in total. The number of hydrogen-bond donors (Lipinski definition) is 0. The highest BCUT2D eigenvalue weighted by atomic mass is 16.5. The normalized spacial score (nSPS) is 28.7. The number of benzene rings is 1. The van der Waals surface area contributed by atoms with Gasteiger partial charge in [0.05, 0.1) is 11.6 Å². The van der Waals surface area contributed by atoms with Crippen LogP contribution in [0.15, 0.2) is 35.3 Å². The predicted molar refractivity (Wildman–Crippen MR) is 86.8 cm³/mol. The summed E-state index contributed by atoms with van der Waals surface area (Å²) in [5.74, 6) is 1.28. The van der Waals surface area contributed by atoms with Crippen LogP contribution < -0.4 is 0 Å². The fourth-order valence-electron chi connectivity index (χ4n) is 3.57. The molecule has 21 heavy (non-hydrogen) atoms. The van der Waals surface area contributed by atoms with Gasteiger partial charge in [0, 0.05) is 20.1 Å². The van der Waals surface area contributed by atoms with Gasteiger partial charge in [-0.3, -0.25) is 4.99 Å². The monoisotopic (exact) mass is 286 g/mol. The minimum absolute atomic E-state index is 0.00619. The van der Waals surface area contributed by atoms with Crippen LogP contribution >= 0.6 is 0 Å². The smallest absolute Gasteiger partial charge is 0.129 e. The summed E-state index contributed by atoms with van der Waals surface area (Å²) in [7, 11) is 1.81. The molecule has 3 nitrogen and oxygen atoms in total. The highest BCUT2D eigenvalue weighted by Gasteiger charge is 2.51. The molecular weight excluding hydrogens is 260 g/mol. The summed E-state index contributed by atoms with van der Waals surface area (Å²) >= 11 is 0. The van der Waals surface area contributed by atoms with E-state index in [0.29, 0.717) is 6.04 Å². The molecule has 2 heterocycles. The highest BCUT2D eigenvalue weighted by molar-refractivity contribution is 6.03. The maximum absolute atomic E-state index is 5.72. The molecule has 0 aromatic heterocycles. The Hall–Kier alpha value is -1.35. The van der Waals surface area contributed by atoms with Crippen molar-refractivity contribution in [2.45, 2.75) is 57.2 Å². The van der Waals surface area contributed by atoms with Gasteiger partial charge >= 0.3 is 0 Å². The van der Waals surface area contributed by atoms with Crippen molar-refractivity contribution in [2.75, 3.05) is 13.7 Å². The summed E-state index contributed by atoms with van der Waals surface area (Å²) in [5.41, 5.74) is 1.24. The van der Waals surface area contributed by atoms with Crippen molar-refractivity contribution < 1.29 is 4.74 Å². The third-order valence-electron chi connectivity index (χ3n) is 5.03. The Kier molecular flexibility index (Phi) is 3.56. The van der Waals surface area contributed by atoms with E-state index in [0.717, 1.165) is 13.0 Å². The van der Waals surface area contributed by atoms with Crippen LogP contribution in [0.1, 0.15) is 39.2 Å². The highest BCUT2D eigenvalue weighted by Crippen LogP contribution is 2.39. The van der Waals surface area contributed by atoms with Gasteiger partial charge in [0.1, 0.15) is 11.4 Å². The molecule has 1 saturated heterocycles. The number of likely N-dealkylation sites (tertiary alicyclic amines) is 1. The predicted octanol–water partition coefficient (Wildman–Crippen LogP) is 3.29. The lowest BCUT2D eigenvalue weighted by Crippen LogP contribution is -2.49. The van der Waals surface area contributed by atoms with Gasteiger partial charge < -0.3 is 9.64 Å². The van der Waals surface area contributed by atoms with Crippen LogP contribution in [0.4, 0.5) is 0 Å². The van der Waals surface area contributed by atoms with Gasteiger partial charge in [-0.05, 0) is 39.2 Å². The lowest BCUT2D eigenvalue weighted by Gasteiger charge is -2.37. The average Bonchev–Trinajstić information content (AvgIpc) is 2.90. The van der Waals surface area contributed by atoms with Gasteiger partial charge in [0.2, 0.25) is 0 Å². The molecule has 2 atom stereocenters. The number of rotatable bonds is 4. The van der Waals surface area contributed by atoms with Crippen LogP contribution in [-0.4, -0.2) is 41.6 Å². The number of methoxy groups -OCH3 is 1. The van der Waals surface area contributed by atoms with E-state index in [1.165, 1.54) is 24.2 Å². The zero-order valence-electron chi connectivity index (χ0n) is 13.6. The van der Waals surface area contributed by atoms with Crippen molar-refractivity contribution in [3.8, 4) is 0 Å². The lowest BCUT2D eigenvalue weighted by molar-refractivity contribution is -0.0250. The van der Waals surface area contributed by atoms with Gasteiger partial charge in [0.25, 0.3) is 0 Å². The van der Waals surface area contributed by atoms with Crippen molar-refractivity contribution >= 4 is 5.84 Å². The Bertz CT molecular complexity index is 537. The first-order valence-corrected chi connectivity index (χ1v) is 7.92. The molecule has 3 heteroatoms. The minimum Gasteiger partial charge on any atom is -0.377 e. The first-order valence-electron chi connectivity index (χ1n) is 7.92. The molecular formula is C18H26N2O. The molecule has 0 spiro atoms. The van der Waals surface area contributed by atoms with Crippen LogP contribution in [0, 0.1) is 0 Å². The quantitative estimate of drug-likeness (QED) is 0.848. The second kappa shape index (κ2) is 5.13. The second-order valence-corrected chi connectivity index (χ2v) is 7.03. The fourth-order valence-corrected chi connectivity index (χ4v) is 3.57. The van der Waals surface area contributed by atoms with Crippen LogP contribution in [0.25, 0.3) is 0 Å². The summed E-state index contributed by atoms with van der Waals surface area (Å²) < 4.78 is 5.72. The van der Waals surface area contributed by atoms with E-state index in [9.17, 15) is 0 Å². The Balaban J connectivity index is 1.70. The molecule has 0 aliphatic carbocycles. The van der Waals surface area contributed by atoms with E-state index >= 15 is 0 Å². The number of nitrogens with zero attached hydrogens (tertiary/aromatic N) is 2. The molecule has 0 bridgehead atoms. The lowest BCUT2D eigenvalue weighted by atomic mass is 9.94. The van der Waals surface area contributed by atoms with Gasteiger partial charge in [0.15, 0.2) is 0 Å². The van der Waals surface area contributed by atoms with E-state index in [4.69, 9.17) is 9.73 Å². The maximum Gasteiger partial charge on any atom is 0.129 e. The van der Waals surface area contributed by atoms with Gasteiger partial charge in [-0.1, -0.05) is 30.3 Å². The standard InChI is InChI=1S/C18H26N2O/c1-17(2,21-4)15-11-8-12-20(15)16-18(3,19-16)13-14-9-6-5-7-10-14/h5-7,9-10,15H,8,11-13H2,1-4H3/t15-,18-/m0/s1. The molecule has 3 rings (SSSR count). The Morgan fingerprint density at radius 3 is 2.71 bits per heavy atom. The Morgan fingerprint density at radius 2 is 2.05 bits per heavy atom. The summed E-state index contributed by atoms with van der Waals surface area (Å²) in [6.45, 7) is 7.74. The zero-order chi connectivity index (χ0) is 15.1. The van der Waals surface area contributed by atoms with Gasteiger partial charge in [-0.2, -0.15) is 0 Å². The second-order valence-electron chi connectivity index (χ2n) is 7.03.